The maximum Gasteiger partial charge on any atom is 1.00 e. The Morgan fingerprint density at radius 3 is 2.67 bits per heavy atom. The predicted octanol–water partition coefficient (Wildman–Crippen LogP) is 1.08. The minimum absolute atomic E-state index is 0. The Morgan fingerprint density at radius 1 is 1.30 bits per heavy atom. The monoisotopic (exact) mass is 475 g/mol. The van der Waals surface area contributed by atoms with Crippen molar-refractivity contribution >= 4 is 40.5 Å². The fraction of sp³-hybridized carbons (Fsp3) is 0.211. The van der Waals surface area contributed by atoms with Crippen molar-refractivity contribution in [2.24, 2.45) is 0 Å². The maximum atomic E-state index is 12.3. The number of thiazole rings is 1. The van der Waals surface area contributed by atoms with Gasteiger partial charge in [-0.3, -0.25) is 4.79 Å². The summed E-state index contributed by atoms with van der Waals surface area (Å²) < 4.78 is 1.68. The topological polar surface area (TPSA) is 125 Å². The predicted molar refractivity (Wildman–Crippen MR) is 111 cm³/mol. The van der Waals surface area contributed by atoms with Crippen molar-refractivity contribution in [1.29, 1.82) is 0 Å². The summed E-state index contributed by atoms with van der Waals surface area (Å²) in [7, 11) is 0. The fourth-order valence-electron chi connectivity index (χ4n) is 2.70. The average Bonchev–Trinajstić information content (AvgIpc) is 3.23. The minimum Gasteiger partial charge on any atom is -1.00 e. The van der Waals surface area contributed by atoms with Gasteiger partial charge in [-0.25, -0.2) is 9.78 Å². The number of halogens is 1. The molecule has 8 nitrogen and oxygen atoms in total. The molecule has 2 aromatic heterocycles. The van der Waals surface area contributed by atoms with Crippen molar-refractivity contribution in [1.82, 2.24) is 9.55 Å². The van der Waals surface area contributed by atoms with Gasteiger partial charge in [-0.2, -0.15) is 0 Å². The van der Waals surface area contributed by atoms with Crippen LogP contribution >= 0.6 is 22.9 Å². The summed E-state index contributed by atoms with van der Waals surface area (Å²) in [5.74, 6) is -1.65. The molecule has 11 heteroatoms. The Labute approximate surface area is 225 Å². The molecular weight excluding hydrogens is 457 g/mol. The van der Waals surface area contributed by atoms with Gasteiger partial charge < -0.3 is 26.6 Å². The number of hydrogen-bond donors (Lipinski definition) is 4. The Balaban J connectivity index is 0.00000240. The van der Waals surface area contributed by atoms with E-state index in [0.29, 0.717) is 28.4 Å². The summed E-state index contributed by atoms with van der Waals surface area (Å²) in [5.41, 5.74) is 0.702. The van der Waals surface area contributed by atoms with Gasteiger partial charge in [0, 0.05) is 36.3 Å². The first kappa shape index (κ1) is 24.9. The molecule has 0 bridgehead atoms. The van der Waals surface area contributed by atoms with E-state index in [9.17, 15) is 24.9 Å². The van der Waals surface area contributed by atoms with Crippen LogP contribution in [0.2, 0.25) is 5.15 Å². The largest absolute Gasteiger partial charge is 1.00 e. The van der Waals surface area contributed by atoms with Crippen LogP contribution in [0.3, 0.4) is 0 Å². The van der Waals surface area contributed by atoms with Gasteiger partial charge in [0.1, 0.15) is 27.2 Å². The van der Waals surface area contributed by atoms with E-state index in [4.69, 9.17) is 11.6 Å². The van der Waals surface area contributed by atoms with Crippen LogP contribution in [0, 0.1) is 0 Å². The Hall–Kier alpha value is -1.40. The van der Waals surface area contributed by atoms with E-state index < -0.39 is 5.97 Å². The van der Waals surface area contributed by atoms with Crippen molar-refractivity contribution in [3.8, 4) is 22.1 Å². The summed E-state index contributed by atoms with van der Waals surface area (Å²) in [6, 6.07) is 4.17. The van der Waals surface area contributed by atoms with E-state index in [0.717, 1.165) is 0 Å². The van der Waals surface area contributed by atoms with Gasteiger partial charge >= 0.3 is 57.4 Å². The molecule has 2 heterocycles. The van der Waals surface area contributed by atoms with Gasteiger partial charge in [0.2, 0.25) is 5.91 Å². The number of hydrogen-bond acceptors (Lipinski definition) is 6. The molecule has 0 aliphatic carbocycles. The molecule has 0 unspecified atom stereocenters. The number of nitrogens with one attached hydrogen (secondary N) is 1. The van der Waals surface area contributed by atoms with Crippen LogP contribution in [-0.4, -0.2) is 36.7 Å². The molecule has 154 valence electrons. The van der Waals surface area contributed by atoms with E-state index in [-0.39, 0.29) is 93.0 Å². The number of aromatic nitrogens is 2. The Bertz CT molecular complexity index is 1090. The van der Waals surface area contributed by atoms with E-state index in [1.807, 2.05) is 6.92 Å². The van der Waals surface area contributed by atoms with E-state index in [2.05, 4.69) is 10.3 Å². The summed E-state index contributed by atoms with van der Waals surface area (Å²) in [5, 5.41) is 31.9. The normalized spacial score (nSPS) is 10.5. The van der Waals surface area contributed by atoms with Crippen LogP contribution in [0.15, 0.2) is 30.6 Å². The number of nitrogens with zero attached hydrogens (tertiary/aromatic N) is 2. The third-order valence-corrected chi connectivity index (χ3v) is 5.76. The van der Waals surface area contributed by atoms with Crippen LogP contribution in [0.1, 0.15) is 30.0 Å². The molecule has 0 saturated heterocycles. The van der Waals surface area contributed by atoms with Crippen molar-refractivity contribution in [2.45, 2.75) is 26.3 Å². The number of benzene rings is 1. The smallest absolute Gasteiger partial charge is 1.00 e. The number of carbonyl (C=O) groups is 2. The number of aromatic carboxylic acids is 1. The van der Waals surface area contributed by atoms with Gasteiger partial charge in [-0.15, -0.1) is 11.3 Å². The first-order valence-electron chi connectivity index (χ1n) is 8.69. The number of anilines is 1. The first-order chi connectivity index (χ1) is 13.8. The van der Waals surface area contributed by atoms with Gasteiger partial charge in [-0.05, 0) is 25.5 Å². The molecule has 1 amide bonds. The summed E-state index contributed by atoms with van der Waals surface area (Å²) >= 11 is 7.40. The molecule has 0 atom stereocenters. The fourth-order valence-corrected chi connectivity index (χ4v) is 4.04. The molecular formula is C19H19ClKN3O5S. The summed E-state index contributed by atoms with van der Waals surface area (Å²) in [6.45, 7) is 2.45. The molecule has 1 aromatic carbocycles. The van der Waals surface area contributed by atoms with Crippen LogP contribution in [0.4, 0.5) is 5.69 Å². The SMILES string of the molecule is CCn1cc(NC(=O)CCc2sc(-c3ccc(O)cc3O)nc2Cl)c(C(=O)O)c1.[H-].[K+]. The number of phenols is 2. The second kappa shape index (κ2) is 10.8. The number of rotatable bonds is 7. The number of carboxylic acids is 1. The molecule has 0 fully saturated rings. The molecule has 4 N–H and O–H groups in total. The maximum absolute atomic E-state index is 12.3. The molecule has 0 spiro atoms. The quantitative estimate of drug-likeness (QED) is 0.379. The Morgan fingerprint density at radius 2 is 2.03 bits per heavy atom. The molecule has 0 aliphatic rings. The average molecular weight is 476 g/mol. The number of carbonyl (C=O) groups excluding carboxylic acids is 1. The zero-order chi connectivity index (χ0) is 21.1. The molecule has 3 rings (SSSR count). The zero-order valence-electron chi connectivity index (χ0n) is 17.3. The number of aromatic hydroxyl groups is 2. The summed E-state index contributed by atoms with van der Waals surface area (Å²) in [4.78, 5) is 28.5. The number of aryl methyl sites for hydroxylation is 2. The van der Waals surface area contributed by atoms with Crippen LogP contribution < -0.4 is 56.7 Å². The number of carboxylic acid groups (broad SMARTS) is 1. The second-order valence-electron chi connectivity index (χ2n) is 6.20. The molecule has 30 heavy (non-hydrogen) atoms. The van der Waals surface area contributed by atoms with Crippen molar-refractivity contribution in [3.05, 3.63) is 46.2 Å². The van der Waals surface area contributed by atoms with Gasteiger partial charge in [-0.1, -0.05) is 11.6 Å². The first-order valence-corrected chi connectivity index (χ1v) is 9.88. The number of amides is 1. The van der Waals surface area contributed by atoms with Gasteiger partial charge in [0.25, 0.3) is 0 Å². The van der Waals surface area contributed by atoms with Gasteiger partial charge in [0.05, 0.1) is 11.3 Å². The van der Waals surface area contributed by atoms with E-state index in [1.54, 1.807) is 10.8 Å². The zero-order valence-corrected chi connectivity index (χ0v) is 21.0. The second-order valence-corrected chi connectivity index (χ2v) is 7.65. The standard InChI is InChI=1S/C19H18ClN3O5S.K.H/c1-2-23-8-12(19(27)28)13(9-23)21-16(26)6-5-15-17(20)22-18(29-15)11-4-3-10(24)7-14(11)25;;/h3-4,7-9,24-25H,2,5-6H2,1H3,(H,21,26)(H,27,28);;/q;+1;-1. The van der Waals surface area contributed by atoms with Crippen molar-refractivity contribution < 1.29 is 77.7 Å². The molecule has 0 radical (unpaired) electrons. The molecule has 0 saturated carbocycles. The summed E-state index contributed by atoms with van der Waals surface area (Å²) in [6.07, 6.45) is 3.43. The van der Waals surface area contributed by atoms with Crippen LogP contribution in [0.25, 0.3) is 10.6 Å². The van der Waals surface area contributed by atoms with Crippen LogP contribution in [0.5, 0.6) is 11.5 Å². The third-order valence-electron chi connectivity index (χ3n) is 4.19. The Kier molecular flexibility index (Phi) is 8.92. The molecule has 0 aliphatic heterocycles. The van der Waals surface area contributed by atoms with Crippen molar-refractivity contribution in [2.75, 3.05) is 5.32 Å². The number of phenolic OH excluding ortho intramolecular Hbond substituents is 2. The van der Waals surface area contributed by atoms with Gasteiger partial charge in [0.15, 0.2) is 0 Å². The van der Waals surface area contributed by atoms with E-state index in [1.165, 1.54) is 35.7 Å². The van der Waals surface area contributed by atoms with E-state index >= 15 is 0 Å². The molecule has 3 aromatic rings. The van der Waals surface area contributed by atoms with Crippen LogP contribution in [-0.2, 0) is 17.8 Å². The van der Waals surface area contributed by atoms with Crippen molar-refractivity contribution in [3.63, 3.8) is 0 Å². The third kappa shape index (κ3) is 5.85. The minimum atomic E-state index is -1.11.